The van der Waals surface area contributed by atoms with E-state index in [4.69, 9.17) is 5.26 Å². The van der Waals surface area contributed by atoms with Crippen molar-refractivity contribution in [3.63, 3.8) is 0 Å². The smallest absolute Gasteiger partial charge is 0.221 e. The van der Waals surface area contributed by atoms with Crippen molar-refractivity contribution in [2.75, 3.05) is 5.32 Å². The summed E-state index contributed by atoms with van der Waals surface area (Å²) in [5, 5.41) is 11.4. The topological polar surface area (TPSA) is 52.9 Å². The molecule has 0 bridgehead atoms. The van der Waals surface area contributed by atoms with Crippen LogP contribution in [0, 0.1) is 11.3 Å². The van der Waals surface area contributed by atoms with Gasteiger partial charge in [-0.3, -0.25) is 4.79 Å². The van der Waals surface area contributed by atoms with Crippen molar-refractivity contribution in [1.29, 1.82) is 5.26 Å². The normalized spacial score (nSPS) is 17.6. The Morgan fingerprint density at radius 3 is 3.00 bits per heavy atom. The van der Waals surface area contributed by atoms with Crippen molar-refractivity contribution in [3.8, 4) is 6.07 Å². The molecule has 0 aliphatic heterocycles. The number of fused-ring (bicyclic) bond motifs is 1. The van der Waals surface area contributed by atoms with Gasteiger partial charge in [0, 0.05) is 12.6 Å². The molecule has 1 aliphatic rings. The lowest BCUT2D eigenvalue weighted by molar-refractivity contribution is -0.114. The standard InChI is InChI=1S/C11H10N2O/c1-7(14)13-10-2-3-11-8(5-10)4-9(11)6-12/h2-3,5,9H,4H2,1H3,(H,13,14). The summed E-state index contributed by atoms with van der Waals surface area (Å²) in [6.07, 6.45) is 0.805. The van der Waals surface area contributed by atoms with Gasteiger partial charge >= 0.3 is 0 Å². The van der Waals surface area contributed by atoms with E-state index in [9.17, 15) is 4.79 Å². The molecule has 0 radical (unpaired) electrons. The van der Waals surface area contributed by atoms with Crippen LogP contribution in [0.2, 0.25) is 0 Å². The second-order valence-electron chi connectivity index (χ2n) is 3.48. The largest absolute Gasteiger partial charge is 0.326 e. The lowest BCUT2D eigenvalue weighted by Crippen LogP contribution is -2.16. The minimum absolute atomic E-state index is 0.0522. The molecule has 3 heteroatoms. The van der Waals surface area contributed by atoms with Crippen LogP contribution in [0.1, 0.15) is 24.0 Å². The van der Waals surface area contributed by atoms with Gasteiger partial charge in [0.1, 0.15) is 0 Å². The average molecular weight is 186 g/mol. The second kappa shape index (κ2) is 3.15. The van der Waals surface area contributed by atoms with Gasteiger partial charge in [0.15, 0.2) is 0 Å². The third kappa shape index (κ3) is 1.35. The van der Waals surface area contributed by atoms with Gasteiger partial charge in [0.2, 0.25) is 5.91 Å². The van der Waals surface area contributed by atoms with Gasteiger partial charge in [-0.25, -0.2) is 0 Å². The molecular weight excluding hydrogens is 176 g/mol. The molecule has 1 amide bonds. The highest BCUT2D eigenvalue weighted by Gasteiger charge is 2.25. The SMILES string of the molecule is CC(=O)Nc1ccc2c(c1)CC2C#N. The third-order valence-corrected chi connectivity index (χ3v) is 2.42. The molecule has 14 heavy (non-hydrogen) atoms. The molecule has 1 N–H and O–H groups in total. The number of hydrogen-bond acceptors (Lipinski definition) is 2. The van der Waals surface area contributed by atoms with Crippen molar-refractivity contribution in [1.82, 2.24) is 0 Å². The molecule has 0 aromatic heterocycles. The number of benzene rings is 1. The summed E-state index contributed by atoms with van der Waals surface area (Å²) < 4.78 is 0. The van der Waals surface area contributed by atoms with Crippen LogP contribution in [-0.4, -0.2) is 5.91 Å². The quantitative estimate of drug-likeness (QED) is 0.727. The monoisotopic (exact) mass is 186 g/mol. The summed E-state index contributed by atoms with van der Waals surface area (Å²) in [6, 6.07) is 7.92. The Bertz CT molecular complexity index is 431. The average Bonchev–Trinajstić information content (AvgIpc) is 2.08. The van der Waals surface area contributed by atoms with Crippen molar-refractivity contribution < 1.29 is 4.79 Å². The summed E-state index contributed by atoms with van der Waals surface area (Å²) in [6.45, 7) is 1.48. The fourth-order valence-electron chi connectivity index (χ4n) is 1.72. The van der Waals surface area contributed by atoms with E-state index in [2.05, 4.69) is 11.4 Å². The van der Waals surface area contributed by atoms with Gasteiger partial charge in [0.25, 0.3) is 0 Å². The first-order chi connectivity index (χ1) is 6.70. The predicted octanol–water partition coefficient (Wildman–Crippen LogP) is 1.81. The van der Waals surface area contributed by atoms with E-state index in [1.165, 1.54) is 12.5 Å². The molecule has 0 heterocycles. The van der Waals surface area contributed by atoms with Crippen molar-refractivity contribution in [2.24, 2.45) is 0 Å². The maximum absolute atomic E-state index is 10.8. The zero-order chi connectivity index (χ0) is 10.1. The second-order valence-corrected chi connectivity index (χ2v) is 3.48. The molecule has 0 spiro atoms. The Hall–Kier alpha value is -1.82. The van der Waals surface area contributed by atoms with Crippen molar-refractivity contribution in [2.45, 2.75) is 19.3 Å². The Morgan fingerprint density at radius 2 is 2.43 bits per heavy atom. The van der Waals surface area contributed by atoms with E-state index < -0.39 is 0 Å². The number of nitriles is 1. The maximum Gasteiger partial charge on any atom is 0.221 e. The lowest BCUT2D eigenvalue weighted by atomic mass is 9.78. The van der Waals surface area contributed by atoms with Gasteiger partial charge in [-0.1, -0.05) is 6.07 Å². The van der Waals surface area contributed by atoms with Crippen LogP contribution in [0.15, 0.2) is 18.2 Å². The predicted molar refractivity (Wildman–Crippen MR) is 52.8 cm³/mol. The molecule has 1 aromatic carbocycles. The van der Waals surface area contributed by atoms with E-state index in [1.807, 2.05) is 18.2 Å². The summed E-state index contributed by atoms with van der Waals surface area (Å²) in [4.78, 5) is 10.8. The molecule has 1 aromatic rings. The van der Waals surface area contributed by atoms with Crippen LogP contribution in [0.4, 0.5) is 5.69 Å². The summed E-state index contributed by atoms with van der Waals surface area (Å²) >= 11 is 0. The van der Waals surface area contributed by atoms with E-state index in [0.29, 0.717) is 0 Å². The Balaban J connectivity index is 2.23. The van der Waals surface area contributed by atoms with Crippen LogP contribution < -0.4 is 5.32 Å². The fourth-order valence-corrected chi connectivity index (χ4v) is 1.72. The minimum Gasteiger partial charge on any atom is -0.326 e. The zero-order valence-electron chi connectivity index (χ0n) is 7.87. The van der Waals surface area contributed by atoms with Crippen LogP contribution in [0.3, 0.4) is 0 Å². The molecule has 0 saturated carbocycles. The highest BCUT2D eigenvalue weighted by molar-refractivity contribution is 5.88. The van der Waals surface area contributed by atoms with Gasteiger partial charge in [-0.05, 0) is 29.7 Å². The number of nitrogens with one attached hydrogen (secondary N) is 1. The van der Waals surface area contributed by atoms with Crippen LogP contribution in [-0.2, 0) is 11.2 Å². The van der Waals surface area contributed by atoms with E-state index in [1.54, 1.807) is 0 Å². The number of amides is 1. The highest BCUT2D eigenvalue weighted by Crippen LogP contribution is 2.35. The van der Waals surface area contributed by atoms with Gasteiger partial charge < -0.3 is 5.32 Å². The van der Waals surface area contributed by atoms with Gasteiger partial charge in [-0.15, -0.1) is 0 Å². The fraction of sp³-hybridized carbons (Fsp3) is 0.273. The number of nitrogens with zero attached hydrogens (tertiary/aromatic N) is 1. The van der Waals surface area contributed by atoms with Crippen LogP contribution in [0.25, 0.3) is 0 Å². The van der Waals surface area contributed by atoms with E-state index >= 15 is 0 Å². The Kier molecular flexibility index (Phi) is 1.97. The van der Waals surface area contributed by atoms with Crippen molar-refractivity contribution >= 4 is 11.6 Å². The zero-order valence-corrected chi connectivity index (χ0v) is 7.87. The lowest BCUT2D eigenvalue weighted by Gasteiger charge is -2.24. The first kappa shape index (κ1) is 8.76. The first-order valence-electron chi connectivity index (χ1n) is 4.50. The van der Waals surface area contributed by atoms with E-state index in [0.717, 1.165) is 17.7 Å². The number of anilines is 1. The molecule has 70 valence electrons. The van der Waals surface area contributed by atoms with Gasteiger partial charge in [-0.2, -0.15) is 5.26 Å². The minimum atomic E-state index is -0.0684. The molecule has 0 fully saturated rings. The number of rotatable bonds is 1. The molecule has 3 nitrogen and oxygen atoms in total. The van der Waals surface area contributed by atoms with Crippen LogP contribution in [0.5, 0.6) is 0 Å². The number of carbonyl (C=O) groups is 1. The summed E-state index contributed by atoms with van der Waals surface area (Å²) in [5.41, 5.74) is 3.08. The molecule has 1 unspecified atom stereocenters. The number of hydrogen-bond donors (Lipinski definition) is 1. The first-order valence-corrected chi connectivity index (χ1v) is 4.50. The molecule has 1 aliphatic carbocycles. The number of carbonyl (C=O) groups excluding carboxylic acids is 1. The maximum atomic E-state index is 10.8. The molecular formula is C11H10N2O. The highest BCUT2D eigenvalue weighted by atomic mass is 16.1. The molecule has 0 saturated heterocycles. The summed E-state index contributed by atoms with van der Waals surface area (Å²) in [7, 11) is 0. The Labute approximate surface area is 82.4 Å². The van der Waals surface area contributed by atoms with Gasteiger partial charge in [0.05, 0.1) is 12.0 Å². The van der Waals surface area contributed by atoms with Crippen molar-refractivity contribution in [3.05, 3.63) is 29.3 Å². The summed E-state index contributed by atoms with van der Waals surface area (Å²) in [5.74, 6) is -0.0162. The van der Waals surface area contributed by atoms with E-state index in [-0.39, 0.29) is 11.8 Å². The van der Waals surface area contributed by atoms with Crippen LogP contribution >= 0.6 is 0 Å². The molecule has 1 atom stereocenters. The third-order valence-electron chi connectivity index (χ3n) is 2.42. The molecule has 2 rings (SSSR count). The Morgan fingerprint density at radius 1 is 1.64 bits per heavy atom.